The van der Waals surface area contributed by atoms with Crippen LogP contribution in [-0.4, -0.2) is 30.6 Å². The van der Waals surface area contributed by atoms with Gasteiger partial charge in [0.15, 0.2) is 5.96 Å². The molecule has 0 amide bonds. The zero-order valence-corrected chi connectivity index (χ0v) is 17.4. The minimum absolute atomic E-state index is 0. The number of aliphatic imine (C=N–C) groups is 1. The molecule has 24 heavy (non-hydrogen) atoms. The van der Waals surface area contributed by atoms with E-state index in [1.54, 1.807) is 11.3 Å². The van der Waals surface area contributed by atoms with Crippen LogP contribution in [0, 0.1) is 0 Å². The Labute approximate surface area is 165 Å². The van der Waals surface area contributed by atoms with Crippen molar-refractivity contribution in [2.45, 2.75) is 33.1 Å². The summed E-state index contributed by atoms with van der Waals surface area (Å²) in [5, 5.41) is 6.80. The van der Waals surface area contributed by atoms with Crippen molar-refractivity contribution in [2.24, 2.45) is 4.99 Å². The van der Waals surface area contributed by atoms with Crippen molar-refractivity contribution in [2.75, 3.05) is 24.5 Å². The van der Waals surface area contributed by atoms with Gasteiger partial charge >= 0.3 is 0 Å². The number of hydrogen-bond donors (Lipinski definition) is 1. The third-order valence-corrected chi connectivity index (χ3v) is 5.05. The van der Waals surface area contributed by atoms with Crippen LogP contribution < -0.4 is 10.2 Å². The molecular weight excluding hydrogens is 431 g/mol. The van der Waals surface area contributed by atoms with Gasteiger partial charge < -0.3 is 10.2 Å². The van der Waals surface area contributed by atoms with Crippen molar-refractivity contribution in [1.29, 1.82) is 0 Å². The maximum Gasteiger partial charge on any atom is 0.198 e. The minimum atomic E-state index is 0. The van der Waals surface area contributed by atoms with Crippen LogP contribution in [0.15, 0.2) is 34.6 Å². The lowest BCUT2D eigenvalue weighted by molar-refractivity contribution is 0.861. The summed E-state index contributed by atoms with van der Waals surface area (Å²) in [7, 11) is 0. The lowest BCUT2D eigenvalue weighted by atomic mass is 10.2. The number of thiazole rings is 1. The van der Waals surface area contributed by atoms with Crippen LogP contribution in [0.25, 0.3) is 0 Å². The zero-order chi connectivity index (χ0) is 16.1. The Bertz CT molecular complexity index is 683. The van der Waals surface area contributed by atoms with Crippen LogP contribution in [0.4, 0.5) is 5.69 Å². The maximum atomic E-state index is 4.82. The summed E-state index contributed by atoms with van der Waals surface area (Å²) in [5.41, 5.74) is 3.85. The molecule has 1 aromatic heterocycles. The Morgan fingerprint density at radius 2 is 2.17 bits per heavy atom. The van der Waals surface area contributed by atoms with Gasteiger partial charge in [-0.2, -0.15) is 0 Å². The highest BCUT2D eigenvalue weighted by molar-refractivity contribution is 14.0. The average Bonchev–Trinajstić information content (AvgIpc) is 3.20. The fourth-order valence-corrected chi connectivity index (χ4v) is 3.63. The number of anilines is 1. The first kappa shape index (κ1) is 19.2. The zero-order valence-electron chi connectivity index (χ0n) is 14.3. The highest BCUT2D eigenvalue weighted by atomic mass is 127. The van der Waals surface area contributed by atoms with Crippen molar-refractivity contribution < 1.29 is 0 Å². The Hall–Kier alpha value is -1.15. The Kier molecular flexibility index (Phi) is 7.48. The lowest BCUT2D eigenvalue weighted by Gasteiger charge is -2.22. The molecule has 0 atom stereocenters. The number of nitrogens with zero attached hydrogens (tertiary/aromatic N) is 3. The molecule has 1 aliphatic heterocycles. The molecule has 3 rings (SSSR count). The first-order valence-corrected chi connectivity index (χ1v) is 9.26. The normalized spacial score (nSPS) is 13.6. The van der Waals surface area contributed by atoms with Crippen LogP contribution in [-0.2, 0) is 19.3 Å². The number of aromatic nitrogens is 1. The van der Waals surface area contributed by atoms with E-state index in [1.165, 1.54) is 16.3 Å². The van der Waals surface area contributed by atoms with Gasteiger partial charge in [-0.25, -0.2) is 4.98 Å². The number of benzene rings is 1. The molecule has 0 saturated carbocycles. The summed E-state index contributed by atoms with van der Waals surface area (Å²) < 4.78 is 0. The maximum absolute atomic E-state index is 4.82. The van der Waals surface area contributed by atoms with E-state index in [9.17, 15) is 0 Å². The molecule has 0 saturated heterocycles. The van der Waals surface area contributed by atoms with Crippen LogP contribution in [0.1, 0.15) is 30.1 Å². The number of fused-ring (bicyclic) bond motifs is 1. The van der Waals surface area contributed by atoms with E-state index in [2.05, 4.69) is 58.7 Å². The highest BCUT2D eigenvalue weighted by Crippen LogP contribution is 2.27. The summed E-state index contributed by atoms with van der Waals surface area (Å²) in [6, 6.07) is 8.60. The number of rotatable bonds is 5. The highest BCUT2D eigenvalue weighted by Gasteiger charge is 2.22. The lowest BCUT2D eigenvalue weighted by Crippen LogP contribution is -2.40. The van der Waals surface area contributed by atoms with Crippen molar-refractivity contribution >= 4 is 47.0 Å². The first-order chi connectivity index (χ1) is 11.3. The number of para-hydroxylation sites is 1. The first-order valence-electron chi connectivity index (χ1n) is 8.38. The van der Waals surface area contributed by atoms with Crippen molar-refractivity contribution in [3.63, 3.8) is 0 Å². The van der Waals surface area contributed by atoms with Crippen molar-refractivity contribution in [1.82, 2.24) is 10.3 Å². The molecule has 0 aliphatic carbocycles. The summed E-state index contributed by atoms with van der Waals surface area (Å²) in [4.78, 5) is 11.7. The van der Waals surface area contributed by atoms with E-state index in [0.29, 0.717) is 0 Å². The van der Waals surface area contributed by atoms with Gasteiger partial charge in [-0.1, -0.05) is 25.1 Å². The fraction of sp³-hybridized carbons (Fsp3) is 0.444. The number of nitrogens with one attached hydrogen (secondary N) is 1. The molecule has 1 aromatic carbocycles. The smallest absolute Gasteiger partial charge is 0.198 e. The van der Waals surface area contributed by atoms with Gasteiger partial charge in [-0.15, -0.1) is 35.3 Å². The summed E-state index contributed by atoms with van der Waals surface area (Å²) in [6.45, 7) is 6.92. The minimum Gasteiger partial charge on any atom is -0.356 e. The van der Waals surface area contributed by atoms with Crippen molar-refractivity contribution in [3.8, 4) is 0 Å². The Morgan fingerprint density at radius 1 is 1.33 bits per heavy atom. The quantitative estimate of drug-likeness (QED) is 0.422. The van der Waals surface area contributed by atoms with Crippen LogP contribution in [0.5, 0.6) is 0 Å². The second-order valence-electron chi connectivity index (χ2n) is 5.60. The standard InChI is InChI=1S/C18H24N4S.HI/c1-3-17-21-15(13-23-17)9-11-20-18(19-4-2)22-12-10-14-7-5-6-8-16(14)22;/h5-8,13H,3-4,9-12H2,1-2H3,(H,19,20);1H. The average molecular weight is 456 g/mol. The molecule has 4 nitrogen and oxygen atoms in total. The topological polar surface area (TPSA) is 40.5 Å². The molecule has 2 heterocycles. The molecule has 0 spiro atoms. The number of guanidine groups is 1. The SMILES string of the molecule is CCNC(=NCCc1csc(CC)n1)N1CCc2ccccc21.I. The molecule has 1 aliphatic rings. The molecule has 0 fully saturated rings. The van der Waals surface area contributed by atoms with Gasteiger partial charge in [-0.3, -0.25) is 4.99 Å². The van der Waals surface area contributed by atoms with E-state index in [4.69, 9.17) is 4.99 Å². The number of halogens is 1. The molecule has 6 heteroatoms. The largest absolute Gasteiger partial charge is 0.356 e. The second-order valence-corrected chi connectivity index (χ2v) is 6.54. The third-order valence-electron chi connectivity index (χ3n) is 4.01. The van der Waals surface area contributed by atoms with Crippen molar-refractivity contribution in [3.05, 3.63) is 45.9 Å². The van der Waals surface area contributed by atoms with E-state index >= 15 is 0 Å². The molecular formula is C18H25IN4S. The van der Waals surface area contributed by atoms with Crippen LogP contribution in [0.2, 0.25) is 0 Å². The van der Waals surface area contributed by atoms with E-state index in [-0.39, 0.29) is 24.0 Å². The molecule has 2 aromatic rings. The van der Waals surface area contributed by atoms with Crippen LogP contribution >= 0.6 is 35.3 Å². The Morgan fingerprint density at radius 3 is 2.92 bits per heavy atom. The van der Waals surface area contributed by atoms with Gasteiger partial charge in [0.25, 0.3) is 0 Å². The predicted molar refractivity (Wildman–Crippen MR) is 114 cm³/mol. The van der Waals surface area contributed by atoms with Gasteiger partial charge in [0, 0.05) is 37.1 Å². The number of hydrogen-bond acceptors (Lipinski definition) is 3. The molecule has 1 N–H and O–H groups in total. The van der Waals surface area contributed by atoms with E-state index in [0.717, 1.165) is 50.6 Å². The second kappa shape index (κ2) is 9.36. The molecule has 130 valence electrons. The molecule has 0 radical (unpaired) electrons. The Balaban J connectivity index is 0.00000208. The summed E-state index contributed by atoms with van der Waals surface area (Å²) >= 11 is 1.75. The van der Waals surface area contributed by atoms with Crippen LogP contribution in [0.3, 0.4) is 0 Å². The number of aryl methyl sites for hydroxylation is 1. The predicted octanol–water partition coefficient (Wildman–Crippen LogP) is 3.89. The monoisotopic (exact) mass is 456 g/mol. The fourth-order valence-electron chi connectivity index (χ4n) is 2.86. The van der Waals surface area contributed by atoms with Gasteiger partial charge in [0.1, 0.15) is 0 Å². The molecule has 0 bridgehead atoms. The van der Waals surface area contributed by atoms with Gasteiger partial charge in [0.05, 0.1) is 10.7 Å². The van der Waals surface area contributed by atoms with Gasteiger partial charge in [-0.05, 0) is 31.4 Å². The summed E-state index contributed by atoms with van der Waals surface area (Å²) in [6.07, 6.45) is 3.01. The van der Waals surface area contributed by atoms with Gasteiger partial charge in [0.2, 0.25) is 0 Å². The third kappa shape index (κ3) is 4.47. The summed E-state index contributed by atoms with van der Waals surface area (Å²) in [5.74, 6) is 0.989. The van der Waals surface area contributed by atoms with E-state index in [1.807, 2.05) is 0 Å². The van der Waals surface area contributed by atoms with E-state index < -0.39 is 0 Å². The molecule has 0 unspecified atom stereocenters.